The van der Waals surface area contributed by atoms with Gasteiger partial charge in [0.1, 0.15) is 5.92 Å². The molecule has 0 aliphatic rings. The van der Waals surface area contributed by atoms with Gasteiger partial charge in [0.2, 0.25) is 0 Å². The molecule has 0 N–H and O–H groups in total. The van der Waals surface area contributed by atoms with E-state index in [4.69, 9.17) is 15.8 Å². The van der Waals surface area contributed by atoms with E-state index >= 15 is 0 Å². The SMILES string of the molecule is CCC(C#N)C(C#N)C#N. The Morgan fingerprint density at radius 1 is 1.10 bits per heavy atom. The molecule has 10 heavy (non-hydrogen) atoms. The van der Waals surface area contributed by atoms with Crippen molar-refractivity contribution >= 4 is 0 Å². The van der Waals surface area contributed by atoms with Crippen molar-refractivity contribution in [1.29, 1.82) is 15.8 Å². The molecule has 0 amide bonds. The zero-order valence-corrected chi connectivity index (χ0v) is 5.70. The lowest BCUT2D eigenvalue weighted by Gasteiger charge is -2.02. The molecule has 0 fully saturated rings. The third-order valence-corrected chi connectivity index (χ3v) is 1.29. The van der Waals surface area contributed by atoms with E-state index in [9.17, 15) is 0 Å². The Labute approximate surface area is 60.1 Å². The first-order valence-electron chi connectivity index (χ1n) is 2.99. The lowest BCUT2D eigenvalue weighted by molar-refractivity contribution is 0.569. The molecule has 1 atom stereocenters. The van der Waals surface area contributed by atoms with E-state index in [1.165, 1.54) is 0 Å². The van der Waals surface area contributed by atoms with Crippen LogP contribution in [0.2, 0.25) is 0 Å². The summed E-state index contributed by atoms with van der Waals surface area (Å²) in [5, 5.41) is 25.1. The normalized spacial score (nSPS) is 11.1. The summed E-state index contributed by atoms with van der Waals surface area (Å²) in [5.74, 6) is -1.20. The van der Waals surface area contributed by atoms with Crippen LogP contribution in [0.25, 0.3) is 0 Å². The summed E-state index contributed by atoms with van der Waals surface area (Å²) in [4.78, 5) is 0. The summed E-state index contributed by atoms with van der Waals surface area (Å²) in [6.45, 7) is 1.79. The van der Waals surface area contributed by atoms with Gasteiger partial charge < -0.3 is 0 Å². The highest BCUT2D eigenvalue weighted by Crippen LogP contribution is 2.12. The van der Waals surface area contributed by atoms with Crippen molar-refractivity contribution in [2.75, 3.05) is 0 Å². The molecule has 0 bridgehead atoms. The second-order valence-corrected chi connectivity index (χ2v) is 1.88. The van der Waals surface area contributed by atoms with Crippen LogP contribution in [-0.2, 0) is 0 Å². The van der Waals surface area contributed by atoms with E-state index in [-0.39, 0.29) is 0 Å². The molecule has 0 aliphatic heterocycles. The van der Waals surface area contributed by atoms with Crippen LogP contribution < -0.4 is 0 Å². The zero-order chi connectivity index (χ0) is 7.98. The van der Waals surface area contributed by atoms with Gasteiger partial charge in [-0.25, -0.2) is 0 Å². The molecular weight excluding hydrogens is 126 g/mol. The average Bonchev–Trinajstić information content (AvgIpc) is 2.00. The second kappa shape index (κ2) is 4.36. The fraction of sp³-hybridized carbons (Fsp3) is 0.571. The van der Waals surface area contributed by atoms with Crippen LogP contribution in [-0.4, -0.2) is 0 Å². The predicted octanol–water partition coefficient (Wildman–Crippen LogP) is 1.20. The minimum atomic E-state index is -0.769. The quantitative estimate of drug-likeness (QED) is 0.568. The summed E-state index contributed by atoms with van der Waals surface area (Å²) in [6.07, 6.45) is 0.558. The number of rotatable bonds is 2. The number of hydrogen-bond acceptors (Lipinski definition) is 3. The molecule has 0 radical (unpaired) electrons. The summed E-state index contributed by atoms with van der Waals surface area (Å²) < 4.78 is 0. The fourth-order valence-electron chi connectivity index (χ4n) is 0.610. The highest BCUT2D eigenvalue weighted by Gasteiger charge is 2.17. The first kappa shape index (κ1) is 8.47. The van der Waals surface area contributed by atoms with Gasteiger partial charge in [0.05, 0.1) is 24.1 Å². The lowest BCUT2D eigenvalue weighted by Crippen LogP contribution is -2.07. The molecule has 0 aromatic carbocycles. The maximum absolute atomic E-state index is 8.41. The van der Waals surface area contributed by atoms with Crippen molar-refractivity contribution in [2.24, 2.45) is 11.8 Å². The maximum atomic E-state index is 8.41. The standard InChI is InChI=1S/C7H7N3/c1-2-6(3-8)7(4-9)5-10/h6-7H,2H2,1H3. The van der Waals surface area contributed by atoms with E-state index in [0.717, 1.165) is 0 Å². The van der Waals surface area contributed by atoms with E-state index in [1.807, 2.05) is 6.07 Å². The summed E-state index contributed by atoms with van der Waals surface area (Å²) in [6, 6.07) is 5.45. The van der Waals surface area contributed by atoms with Crippen molar-refractivity contribution < 1.29 is 0 Å². The first-order valence-corrected chi connectivity index (χ1v) is 2.99. The molecule has 0 heterocycles. The van der Waals surface area contributed by atoms with Crippen LogP contribution in [0, 0.1) is 45.8 Å². The average molecular weight is 133 g/mol. The van der Waals surface area contributed by atoms with Gasteiger partial charge in [0.25, 0.3) is 0 Å². The van der Waals surface area contributed by atoms with Crippen LogP contribution in [0.1, 0.15) is 13.3 Å². The summed E-state index contributed by atoms with van der Waals surface area (Å²) in [5.41, 5.74) is 0. The van der Waals surface area contributed by atoms with Gasteiger partial charge >= 0.3 is 0 Å². The minimum absolute atomic E-state index is 0.435. The molecule has 0 aromatic rings. The molecule has 3 nitrogen and oxygen atoms in total. The second-order valence-electron chi connectivity index (χ2n) is 1.88. The molecule has 0 rings (SSSR count). The monoisotopic (exact) mass is 133 g/mol. The van der Waals surface area contributed by atoms with Crippen molar-refractivity contribution in [3.8, 4) is 18.2 Å². The molecule has 1 unspecified atom stereocenters. The van der Waals surface area contributed by atoms with E-state index in [1.54, 1.807) is 19.1 Å². The van der Waals surface area contributed by atoms with Crippen LogP contribution in [0.4, 0.5) is 0 Å². The smallest absolute Gasteiger partial charge is 0.149 e. The van der Waals surface area contributed by atoms with Crippen molar-refractivity contribution in [2.45, 2.75) is 13.3 Å². The zero-order valence-electron chi connectivity index (χ0n) is 5.70. The molecule has 0 aliphatic carbocycles. The largest absolute Gasteiger partial charge is 0.198 e. The van der Waals surface area contributed by atoms with Crippen molar-refractivity contribution in [1.82, 2.24) is 0 Å². The Hall–Kier alpha value is -1.53. The molecular formula is C7H7N3. The highest BCUT2D eigenvalue weighted by atomic mass is 14.4. The van der Waals surface area contributed by atoms with Crippen LogP contribution in [0.15, 0.2) is 0 Å². The molecule has 0 spiro atoms. The van der Waals surface area contributed by atoms with Gasteiger partial charge in [-0.05, 0) is 6.42 Å². The number of hydrogen-bond donors (Lipinski definition) is 0. The van der Waals surface area contributed by atoms with E-state index in [2.05, 4.69) is 0 Å². The summed E-state index contributed by atoms with van der Waals surface area (Å²) in [7, 11) is 0. The van der Waals surface area contributed by atoms with Crippen LogP contribution >= 0.6 is 0 Å². The Morgan fingerprint density at radius 2 is 1.60 bits per heavy atom. The molecule has 50 valence electrons. The Kier molecular flexibility index (Phi) is 3.69. The van der Waals surface area contributed by atoms with Gasteiger partial charge in [-0.3, -0.25) is 0 Å². The third kappa shape index (κ3) is 1.77. The summed E-state index contributed by atoms with van der Waals surface area (Å²) >= 11 is 0. The predicted molar refractivity (Wildman–Crippen MR) is 34.1 cm³/mol. The van der Waals surface area contributed by atoms with Crippen LogP contribution in [0.3, 0.4) is 0 Å². The number of nitrogens with zero attached hydrogens (tertiary/aromatic N) is 3. The maximum Gasteiger partial charge on any atom is 0.149 e. The topological polar surface area (TPSA) is 71.4 Å². The lowest BCUT2D eigenvalue weighted by atomic mass is 9.94. The Bertz CT molecular complexity index is 198. The first-order chi connectivity index (χ1) is 4.79. The minimum Gasteiger partial charge on any atom is -0.198 e. The van der Waals surface area contributed by atoms with Crippen LogP contribution in [0.5, 0.6) is 0 Å². The van der Waals surface area contributed by atoms with Crippen molar-refractivity contribution in [3.05, 3.63) is 0 Å². The van der Waals surface area contributed by atoms with Crippen molar-refractivity contribution in [3.63, 3.8) is 0 Å². The Balaban J connectivity index is 4.20. The van der Waals surface area contributed by atoms with E-state index < -0.39 is 11.8 Å². The molecule has 0 aromatic heterocycles. The van der Waals surface area contributed by atoms with Gasteiger partial charge in [-0.1, -0.05) is 6.92 Å². The third-order valence-electron chi connectivity index (χ3n) is 1.29. The molecule has 0 saturated carbocycles. The van der Waals surface area contributed by atoms with Gasteiger partial charge in [0, 0.05) is 0 Å². The fourth-order valence-corrected chi connectivity index (χ4v) is 0.610. The van der Waals surface area contributed by atoms with Gasteiger partial charge in [-0.15, -0.1) is 0 Å². The van der Waals surface area contributed by atoms with Gasteiger partial charge in [-0.2, -0.15) is 15.8 Å². The van der Waals surface area contributed by atoms with Gasteiger partial charge in [0.15, 0.2) is 0 Å². The highest BCUT2D eigenvalue weighted by molar-refractivity contribution is 5.08. The Morgan fingerprint density at radius 3 is 1.70 bits per heavy atom. The van der Waals surface area contributed by atoms with E-state index in [0.29, 0.717) is 6.42 Å². The molecule has 0 saturated heterocycles. The number of nitriles is 3. The molecule has 3 heteroatoms.